The fourth-order valence-corrected chi connectivity index (χ4v) is 2.66. The summed E-state index contributed by atoms with van der Waals surface area (Å²) in [6.45, 7) is 4.48. The Balaban J connectivity index is 1.97. The second kappa shape index (κ2) is 9.44. The lowest BCUT2D eigenvalue weighted by Crippen LogP contribution is -2.14. The molecule has 25 heavy (non-hydrogen) atoms. The number of nitrogens with zero attached hydrogens (tertiary/aromatic N) is 1. The summed E-state index contributed by atoms with van der Waals surface area (Å²) in [7, 11) is 0. The van der Waals surface area contributed by atoms with E-state index in [-0.39, 0.29) is 18.1 Å². The molecule has 2 aromatic carbocycles. The third kappa shape index (κ3) is 5.93. The summed E-state index contributed by atoms with van der Waals surface area (Å²) in [4.78, 5) is 30.3. The van der Waals surface area contributed by atoms with Gasteiger partial charge < -0.3 is 9.57 Å². The maximum absolute atomic E-state index is 12.3. The molecule has 0 unspecified atom stereocenters. The van der Waals surface area contributed by atoms with Gasteiger partial charge in [-0.2, -0.15) is 0 Å². The third-order valence-electron chi connectivity index (χ3n) is 3.03. The van der Waals surface area contributed by atoms with Crippen LogP contribution in [-0.2, 0) is 14.4 Å². The molecule has 0 radical (unpaired) electrons. The first-order valence-electron chi connectivity index (χ1n) is 7.45. The van der Waals surface area contributed by atoms with Crippen molar-refractivity contribution in [1.82, 2.24) is 0 Å². The minimum atomic E-state index is -0.707. The van der Waals surface area contributed by atoms with E-state index < -0.39 is 5.97 Å². The number of hydrogen-bond donors (Lipinski definition) is 0. The maximum Gasteiger partial charge on any atom is 0.371 e. The number of oxime groups is 1. The normalized spacial score (nSPS) is 10.8. The average Bonchev–Trinajstić information content (AvgIpc) is 2.65. The number of hydrogen-bond acceptors (Lipinski definition) is 6. The fourth-order valence-electron chi connectivity index (χ4n) is 1.82. The number of carbonyl (C=O) groups is 2. The van der Waals surface area contributed by atoms with Crippen LogP contribution < -0.4 is 0 Å². The van der Waals surface area contributed by atoms with Gasteiger partial charge in [-0.3, -0.25) is 4.79 Å². The van der Waals surface area contributed by atoms with Gasteiger partial charge in [0.05, 0.1) is 6.26 Å². The molecular formula is C19H17NO4S. The highest BCUT2D eigenvalue weighted by atomic mass is 32.2. The molecule has 0 heterocycles. The van der Waals surface area contributed by atoms with E-state index in [2.05, 4.69) is 21.3 Å². The first kappa shape index (κ1) is 18.5. The smallest absolute Gasteiger partial charge is 0.371 e. The number of benzene rings is 2. The van der Waals surface area contributed by atoms with Crippen molar-refractivity contribution in [3.63, 3.8) is 0 Å². The molecule has 0 N–H and O–H groups in total. The van der Waals surface area contributed by atoms with Crippen LogP contribution in [0.2, 0.25) is 0 Å². The molecule has 0 aliphatic rings. The molecule has 0 spiro atoms. The first-order chi connectivity index (χ1) is 12.1. The standard InChI is InChI=1S/C19H17NO4S/c1-3-23-13-18(21)24-20-14(2)19(22)15-9-11-17(12-10-15)25-16-7-5-4-6-8-16/h3-12H,1,13H2,2H3. The third-order valence-corrected chi connectivity index (χ3v) is 4.04. The largest absolute Gasteiger partial charge is 0.490 e. The monoisotopic (exact) mass is 355 g/mol. The van der Waals surface area contributed by atoms with Crippen LogP contribution in [0, 0.1) is 0 Å². The second-order valence-electron chi connectivity index (χ2n) is 4.89. The van der Waals surface area contributed by atoms with E-state index in [9.17, 15) is 9.59 Å². The van der Waals surface area contributed by atoms with Crippen molar-refractivity contribution in [2.24, 2.45) is 5.16 Å². The lowest BCUT2D eigenvalue weighted by molar-refractivity contribution is -0.147. The Bertz CT molecular complexity index is 770. The van der Waals surface area contributed by atoms with E-state index in [0.717, 1.165) is 16.1 Å². The molecule has 0 amide bonds. The summed E-state index contributed by atoms with van der Waals surface area (Å²) in [6, 6.07) is 17.1. The molecule has 2 rings (SSSR count). The van der Waals surface area contributed by atoms with Crippen LogP contribution in [-0.4, -0.2) is 24.1 Å². The molecule has 0 fully saturated rings. The topological polar surface area (TPSA) is 65.0 Å². The Morgan fingerprint density at radius 3 is 2.36 bits per heavy atom. The molecule has 5 nitrogen and oxygen atoms in total. The van der Waals surface area contributed by atoms with E-state index in [4.69, 9.17) is 0 Å². The zero-order valence-corrected chi connectivity index (χ0v) is 14.5. The van der Waals surface area contributed by atoms with Gasteiger partial charge in [-0.05, 0) is 43.3 Å². The lowest BCUT2D eigenvalue weighted by atomic mass is 10.1. The number of rotatable bonds is 8. The van der Waals surface area contributed by atoms with E-state index in [1.165, 1.54) is 6.92 Å². The quantitative estimate of drug-likeness (QED) is 0.234. The number of Topliss-reactive ketones (excluding diaryl/α,β-unsaturated/α-hetero) is 1. The highest BCUT2D eigenvalue weighted by molar-refractivity contribution is 7.99. The van der Waals surface area contributed by atoms with Crippen molar-refractivity contribution >= 4 is 29.2 Å². The molecule has 2 aromatic rings. The first-order valence-corrected chi connectivity index (χ1v) is 8.26. The van der Waals surface area contributed by atoms with Crippen molar-refractivity contribution in [3.8, 4) is 0 Å². The summed E-state index contributed by atoms with van der Waals surface area (Å²) < 4.78 is 4.67. The van der Waals surface area contributed by atoms with Gasteiger partial charge in [-0.1, -0.05) is 41.7 Å². The van der Waals surface area contributed by atoms with Crippen LogP contribution in [0.3, 0.4) is 0 Å². The minimum Gasteiger partial charge on any atom is -0.490 e. The molecule has 128 valence electrons. The van der Waals surface area contributed by atoms with Crippen molar-refractivity contribution in [2.75, 3.05) is 6.61 Å². The van der Waals surface area contributed by atoms with Gasteiger partial charge in [0.15, 0.2) is 6.61 Å². The highest BCUT2D eigenvalue weighted by Crippen LogP contribution is 2.27. The van der Waals surface area contributed by atoms with Gasteiger partial charge in [-0.25, -0.2) is 4.79 Å². The Morgan fingerprint density at radius 2 is 1.72 bits per heavy atom. The zero-order chi connectivity index (χ0) is 18.1. The van der Waals surface area contributed by atoms with Crippen LogP contribution in [0.15, 0.2) is 82.4 Å². The second-order valence-corrected chi connectivity index (χ2v) is 6.03. The van der Waals surface area contributed by atoms with E-state index in [1.807, 2.05) is 42.5 Å². The zero-order valence-electron chi connectivity index (χ0n) is 13.7. The van der Waals surface area contributed by atoms with Crippen molar-refractivity contribution < 1.29 is 19.2 Å². The van der Waals surface area contributed by atoms with E-state index >= 15 is 0 Å². The number of ketones is 1. The average molecular weight is 355 g/mol. The van der Waals surface area contributed by atoms with Gasteiger partial charge in [0.2, 0.25) is 5.78 Å². The van der Waals surface area contributed by atoms with Crippen molar-refractivity contribution in [2.45, 2.75) is 16.7 Å². The van der Waals surface area contributed by atoms with Gasteiger partial charge in [-0.15, -0.1) is 0 Å². The van der Waals surface area contributed by atoms with Crippen molar-refractivity contribution in [1.29, 1.82) is 0 Å². The Kier molecular flexibility index (Phi) is 6.98. The van der Waals surface area contributed by atoms with Crippen molar-refractivity contribution in [3.05, 3.63) is 73.0 Å². The van der Waals surface area contributed by atoms with Crippen LogP contribution in [0.5, 0.6) is 0 Å². The Hall–Kier alpha value is -2.86. The van der Waals surface area contributed by atoms with Crippen LogP contribution in [0.4, 0.5) is 0 Å². The molecular weight excluding hydrogens is 338 g/mol. The maximum atomic E-state index is 12.3. The van der Waals surface area contributed by atoms with Gasteiger partial charge in [0.1, 0.15) is 5.71 Å². The summed E-state index contributed by atoms with van der Waals surface area (Å²) in [5, 5.41) is 3.54. The SMILES string of the molecule is C=COCC(=O)ON=C(C)C(=O)c1ccc(Sc2ccccc2)cc1. The molecule has 0 aliphatic heterocycles. The minimum absolute atomic E-state index is 0.0791. The highest BCUT2D eigenvalue weighted by Gasteiger charge is 2.12. The van der Waals surface area contributed by atoms with Gasteiger partial charge in [0, 0.05) is 15.4 Å². The van der Waals surface area contributed by atoms with E-state index in [1.54, 1.807) is 23.9 Å². The molecule has 0 saturated carbocycles. The summed E-state index contributed by atoms with van der Waals surface area (Å²) in [6.07, 6.45) is 1.12. The predicted molar refractivity (Wildman–Crippen MR) is 96.7 cm³/mol. The summed E-state index contributed by atoms with van der Waals surface area (Å²) >= 11 is 1.61. The summed E-state index contributed by atoms with van der Waals surface area (Å²) in [5.74, 6) is -1.02. The molecule has 0 bridgehead atoms. The van der Waals surface area contributed by atoms with Crippen LogP contribution >= 0.6 is 11.8 Å². The fraction of sp³-hybridized carbons (Fsp3) is 0.105. The Morgan fingerprint density at radius 1 is 1.08 bits per heavy atom. The molecule has 0 aliphatic carbocycles. The molecule has 6 heteroatoms. The van der Waals surface area contributed by atoms with E-state index in [0.29, 0.717) is 5.56 Å². The van der Waals surface area contributed by atoms with Crippen LogP contribution in [0.25, 0.3) is 0 Å². The van der Waals surface area contributed by atoms with Gasteiger partial charge in [0.25, 0.3) is 0 Å². The Labute approximate surface area is 150 Å². The molecule has 0 atom stereocenters. The molecule has 0 aromatic heterocycles. The lowest BCUT2D eigenvalue weighted by Gasteiger charge is -2.04. The number of ether oxygens (including phenoxy) is 1. The number of carbonyl (C=O) groups excluding carboxylic acids is 2. The van der Waals surface area contributed by atoms with Gasteiger partial charge >= 0.3 is 5.97 Å². The molecule has 0 saturated heterocycles. The predicted octanol–water partition coefficient (Wildman–Crippen LogP) is 4.10. The summed E-state index contributed by atoms with van der Waals surface area (Å²) in [5.41, 5.74) is 0.549. The van der Waals surface area contributed by atoms with Crippen LogP contribution in [0.1, 0.15) is 17.3 Å².